The Morgan fingerprint density at radius 1 is 1.26 bits per heavy atom. The van der Waals surface area contributed by atoms with Crippen molar-refractivity contribution in [3.05, 3.63) is 41.7 Å². The van der Waals surface area contributed by atoms with Crippen LogP contribution in [0.5, 0.6) is 5.75 Å². The zero-order valence-electron chi connectivity index (χ0n) is 11.8. The van der Waals surface area contributed by atoms with Crippen LogP contribution in [-0.2, 0) is 4.74 Å². The Hall–Kier alpha value is -1.48. The fraction of sp³-hybridized carbons (Fsp3) is 0.500. The van der Waals surface area contributed by atoms with Gasteiger partial charge in [-0.25, -0.2) is 0 Å². The first-order chi connectivity index (χ1) is 9.35. The van der Waals surface area contributed by atoms with Gasteiger partial charge >= 0.3 is 0 Å². The standard InChI is InChI=1S/C16H23NO2/c1-3-11-17-16(15-6-5-12-19-15)13-7-9-14(10-8-13)18-4-2/h6-10,16-17H,3-5,11-12H2,1-2H3. The van der Waals surface area contributed by atoms with Gasteiger partial charge in [-0.3, -0.25) is 0 Å². The zero-order valence-corrected chi connectivity index (χ0v) is 11.8. The molecule has 0 saturated heterocycles. The molecule has 104 valence electrons. The van der Waals surface area contributed by atoms with E-state index in [4.69, 9.17) is 9.47 Å². The highest BCUT2D eigenvalue weighted by Gasteiger charge is 2.20. The molecule has 1 N–H and O–H groups in total. The maximum absolute atomic E-state index is 5.71. The average molecular weight is 261 g/mol. The minimum Gasteiger partial charge on any atom is -0.496 e. The Morgan fingerprint density at radius 2 is 2.05 bits per heavy atom. The molecule has 3 nitrogen and oxygen atoms in total. The summed E-state index contributed by atoms with van der Waals surface area (Å²) in [4.78, 5) is 0. The average Bonchev–Trinajstić information content (AvgIpc) is 2.95. The van der Waals surface area contributed by atoms with Gasteiger partial charge < -0.3 is 14.8 Å². The fourth-order valence-corrected chi connectivity index (χ4v) is 2.23. The van der Waals surface area contributed by atoms with E-state index in [2.05, 4.69) is 30.4 Å². The highest BCUT2D eigenvalue weighted by Crippen LogP contribution is 2.27. The number of nitrogens with one attached hydrogen (secondary N) is 1. The number of rotatable bonds is 7. The van der Waals surface area contributed by atoms with Crippen molar-refractivity contribution in [1.82, 2.24) is 5.32 Å². The third-order valence-electron chi connectivity index (χ3n) is 3.14. The molecular formula is C16H23NO2. The molecule has 0 spiro atoms. The van der Waals surface area contributed by atoms with Crippen LogP contribution < -0.4 is 10.1 Å². The van der Waals surface area contributed by atoms with E-state index in [0.29, 0.717) is 6.61 Å². The monoisotopic (exact) mass is 261 g/mol. The SMILES string of the molecule is CCCNC(C1=CCCO1)c1ccc(OCC)cc1. The fourth-order valence-electron chi connectivity index (χ4n) is 2.23. The molecule has 0 fully saturated rings. The number of hydrogen-bond acceptors (Lipinski definition) is 3. The molecule has 1 aromatic carbocycles. The van der Waals surface area contributed by atoms with E-state index in [-0.39, 0.29) is 6.04 Å². The highest BCUT2D eigenvalue weighted by molar-refractivity contribution is 5.32. The molecule has 1 aromatic rings. The second-order valence-corrected chi connectivity index (χ2v) is 4.63. The summed E-state index contributed by atoms with van der Waals surface area (Å²) in [6.45, 7) is 6.66. The van der Waals surface area contributed by atoms with Crippen molar-refractivity contribution >= 4 is 0 Å². The second-order valence-electron chi connectivity index (χ2n) is 4.63. The lowest BCUT2D eigenvalue weighted by molar-refractivity contribution is 0.215. The zero-order chi connectivity index (χ0) is 13.5. The molecule has 0 saturated carbocycles. The van der Waals surface area contributed by atoms with Crippen LogP contribution in [-0.4, -0.2) is 19.8 Å². The van der Waals surface area contributed by atoms with Gasteiger partial charge in [-0.15, -0.1) is 0 Å². The van der Waals surface area contributed by atoms with E-state index in [1.807, 2.05) is 19.1 Å². The van der Waals surface area contributed by atoms with Gasteiger partial charge in [0.05, 0.1) is 19.3 Å². The first-order valence-electron chi connectivity index (χ1n) is 7.14. The molecule has 0 bridgehead atoms. The highest BCUT2D eigenvalue weighted by atomic mass is 16.5. The maximum atomic E-state index is 5.71. The topological polar surface area (TPSA) is 30.5 Å². The van der Waals surface area contributed by atoms with Gasteiger partial charge in [0.25, 0.3) is 0 Å². The summed E-state index contributed by atoms with van der Waals surface area (Å²) < 4.78 is 11.2. The smallest absolute Gasteiger partial charge is 0.119 e. The lowest BCUT2D eigenvalue weighted by Gasteiger charge is -2.20. The van der Waals surface area contributed by atoms with Crippen LogP contribution in [0.25, 0.3) is 0 Å². The Bertz CT molecular complexity index is 411. The Labute approximate surface area is 115 Å². The van der Waals surface area contributed by atoms with Crippen LogP contribution in [0.4, 0.5) is 0 Å². The third kappa shape index (κ3) is 3.74. The molecule has 0 radical (unpaired) electrons. The first-order valence-corrected chi connectivity index (χ1v) is 7.14. The van der Waals surface area contributed by atoms with Crippen LogP contribution >= 0.6 is 0 Å². The Kier molecular flexibility index (Phi) is 5.28. The molecule has 1 atom stereocenters. The molecule has 1 aliphatic heterocycles. The largest absolute Gasteiger partial charge is 0.496 e. The van der Waals surface area contributed by atoms with E-state index in [1.54, 1.807) is 0 Å². The van der Waals surface area contributed by atoms with Crippen molar-refractivity contribution in [2.24, 2.45) is 0 Å². The predicted molar refractivity (Wildman–Crippen MR) is 77.3 cm³/mol. The van der Waals surface area contributed by atoms with Gasteiger partial charge in [-0.2, -0.15) is 0 Å². The van der Waals surface area contributed by atoms with Gasteiger partial charge in [0.1, 0.15) is 11.5 Å². The van der Waals surface area contributed by atoms with E-state index in [1.165, 1.54) is 5.56 Å². The molecule has 0 aromatic heterocycles. The molecule has 2 rings (SSSR count). The van der Waals surface area contributed by atoms with Crippen molar-refractivity contribution in [2.75, 3.05) is 19.8 Å². The van der Waals surface area contributed by atoms with Crippen LogP contribution in [0.15, 0.2) is 36.1 Å². The summed E-state index contributed by atoms with van der Waals surface area (Å²) in [6, 6.07) is 8.43. The van der Waals surface area contributed by atoms with E-state index in [0.717, 1.165) is 37.5 Å². The Morgan fingerprint density at radius 3 is 2.63 bits per heavy atom. The second kappa shape index (κ2) is 7.19. The predicted octanol–water partition coefficient (Wildman–Crippen LogP) is 3.43. The molecule has 3 heteroatoms. The number of hydrogen-bond donors (Lipinski definition) is 1. The molecule has 1 unspecified atom stereocenters. The van der Waals surface area contributed by atoms with Crippen molar-refractivity contribution < 1.29 is 9.47 Å². The van der Waals surface area contributed by atoms with Crippen LogP contribution in [0.1, 0.15) is 38.3 Å². The van der Waals surface area contributed by atoms with E-state index >= 15 is 0 Å². The van der Waals surface area contributed by atoms with Crippen molar-refractivity contribution in [3.63, 3.8) is 0 Å². The molecule has 0 aliphatic carbocycles. The lowest BCUT2D eigenvalue weighted by atomic mass is 10.0. The summed E-state index contributed by atoms with van der Waals surface area (Å²) in [5.41, 5.74) is 1.23. The quantitative estimate of drug-likeness (QED) is 0.815. The van der Waals surface area contributed by atoms with E-state index < -0.39 is 0 Å². The Balaban J connectivity index is 2.12. The summed E-state index contributed by atoms with van der Waals surface area (Å²) in [7, 11) is 0. The summed E-state index contributed by atoms with van der Waals surface area (Å²) in [6.07, 6.45) is 4.31. The van der Waals surface area contributed by atoms with E-state index in [9.17, 15) is 0 Å². The minimum atomic E-state index is 0.165. The summed E-state index contributed by atoms with van der Waals surface area (Å²) >= 11 is 0. The molecule has 1 aliphatic rings. The number of benzene rings is 1. The van der Waals surface area contributed by atoms with Gasteiger partial charge in [-0.1, -0.05) is 19.1 Å². The van der Waals surface area contributed by atoms with Crippen molar-refractivity contribution in [2.45, 2.75) is 32.7 Å². The maximum Gasteiger partial charge on any atom is 0.119 e. The van der Waals surface area contributed by atoms with Gasteiger partial charge in [-0.05, 0) is 43.7 Å². The van der Waals surface area contributed by atoms with Crippen molar-refractivity contribution in [1.29, 1.82) is 0 Å². The minimum absolute atomic E-state index is 0.165. The van der Waals surface area contributed by atoms with Gasteiger partial charge in [0.2, 0.25) is 0 Å². The third-order valence-corrected chi connectivity index (χ3v) is 3.14. The number of ether oxygens (including phenoxy) is 2. The van der Waals surface area contributed by atoms with Gasteiger partial charge in [0, 0.05) is 6.42 Å². The molecule has 1 heterocycles. The van der Waals surface area contributed by atoms with Crippen LogP contribution in [0.2, 0.25) is 0 Å². The lowest BCUT2D eigenvalue weighted by Crippen LogP contribution is -2.24. The molecule has 0 amide bonds. The molecular weight excluding hydrogens is 238 g/mol. The van der Waals surface area contributed by atoms with Crippen LogP contribution in [0, 0.1) is 0 Å². The summed E-state index contributed by atoms with van der Waals surface area (Å²) in [5, 5.41) is 3.55. The van der Waals surface area contributed by atoms with Crippen molar-refractivity contribution in [3.8, 4) is 5.75 Å². The first kappa shape index (κ1) is 13.9. The van der Waals surface area contributed by atoms with Gasteiger partial charge in [0.15, 0.2) is 0 Å². The molecule has 19 heavy (non-hydrogen) atoms. The normalized spacial score (nSPS) is 15.8. The summed E-state index contributed by atoms with van der Waals surface area (Å²) in [5.74, 6) is 1.97. The van der Waals surface area contributed by atoms with Crippen LogP contribution in [0.3, 0.4) is 0 Å².